The van der Waals surface area contributed by atoms with E-state index in [0.717, 1.165) is 30.0 Å². The van der Waals surface area contributed by atoms with Crippen molar-refractivity contribution in [3.63, 3.8) is 0 Å². The van der Waals surface area contributed by atoms with Gasteiger partial charge in [-0.15, -0.1) is 0 Å². The number of pyridine rings is 1. The Morgan fingerprint density at radius 2 is 1.85 bits per heavy atom. The zero-order chi connectivity index (χ0) is 24.0. The number of nitrogens with one attached hydrogen (secondary N) is 1. The van der Waals surface area contributed by atoms with Crippen molar-refractivity contribution < 1.29 is 13.6 Å². The second-order valence-electron chi connectivity index (χ2n) is 8.88. The Morgan fingerprint density at radius 1 is 1.12 bits per heavy atom. The summed E-state index contributed by atoms with van der Waals surface area (Å²) in [5.74, 6) is -2.32. The molecule has 5 rings (SSSR count). The SMILES string of the molecule is CC(=O)c1cn(C2CC2)c2c(F)c(NCCCc3cccc4ccccc34)c(F)c(N)c2c1=O. The van der Waals surface area contributed by atoms with Crippen molar-refractivity contribution in [3.05, 3.63) is 81.6 Å². The van der Waals surface area contributed by atoms with Gasteiger partial charge in [-0.1, -0.05) is 42.5 Å². The number of nitrogen functional groups attached to an aromatic ring is 1. The Morgan fingerprint density at radius 3 is 2.59 bits per heavy atom. The minimum atomic E-state index is -1.00. The van der Waals surface area contributed by atoms with Crippen LogP contribution >= 0.6 is 0 Å². The number of halogens is 2. The zero-order valence-electron chi connectivity index (χ0n) is 18.8. The lowest BCUT2D eigenvalue weighted by atomic mass is 10.0. The van der Waals surface area contributed by atoms with E-state index in [9.17, 15) is 9.59 Å². The van der Waals surface area contributed by atoms with E-state index < -0.39 is 28.5 Å². The number of aryl methyl sites for hydroxylation is 1. The number of carbonyl (C=O) groups is 1. The molecule has 34 heavy (non-hydrogen) atoms. The monoisotopic (exact) mass is 461 g/mol. The summed E-state index contributed by atoms with van der Waals surface area (Å²) in [6, 6.07) is 14.2. The number of rotatable bonds is 7. The number of nitrogens with two attached hydrogens (primary N) is 1. The van der Waals surface area contributed by atoms with E-state index in [0.29, 0.717) is 13.0 Å². The maximum Gasteiger partial charge on any atom is 0.202 e. The molecule has 1 heterocycles. The van der Waals surface area contributed by atoms with Crippen LogP contribution in [0.15, 0.2) is 53.5 Å². The van der Waals surface area contributed by atoms with Gasteiger partial charge in [0, 0.05) is 18.8 Å². The first-order chi connectivity index (χ1) is 16.4. The van der Waals surface area contributed by atoms with E-state index in [-0.39, 0.29) is 28.2 Å². The number of Topliss-reactive ketones (excluding diaryl/α,β-unsaturated/α-hetero) is 1. The highest BCUT2D eigenvalue weighted by Gasteiger charge is 2.31. The molecule has 0 spiro atoms. The highest BCUT2D eigenvalue weighted by molar-refractivity contribution is 6.01. The van der Waals surface area contributed by atoms with Gasteiger partial charge in [0.15, 0.2) is 17.4 Å². The fraction of sp³-hybridized carbons (Fsp3) is 0.259. The molecular formula is C27H25F2N3O2. The Labute approximate surface area is 195 Å². The van der Waals surface area contributed by atoms with Crippen molar-refractivity contribution in [2.75, 3.05) is 17.6 Å². The normalized spacial score (nSPS) is 13.5. The molecule has 1 fully saturated rings. The minimum absolute atomic E-state index is 0.0419. The topological polar surface area (TPSA) is 77.1 Å². The van der Waals surface area contributed by atoms with Crippen LogP contribution in [0.1, 0.15) is 48.1 Å². The van der Waals surface area contributed by atoms with Gasteiger partial charge >= 0.3 is 0 Å². The van der Waals surface area contributed by atoms with Gasteiger partial charge in [-0.3, -0.25) is 9.59 Å². The molecule has 1 aliphatic rings. The molecule has 0 amide bonds. The summed E-state index contributed by atoms with van der Waals surface area (Å²) in [4.78, 5) is 24.8. The second-order valence-corrected chi connectivity index (χ2v) is 8.88. The molecule has 3 aromatic carbocycles. The lowest BCUT2D eigenvalue weighted by molar-refractivity contribution is 0.101. The third-order valence-corrected chi connectivity index (χ3v) is 6.51. The highest BCUT2D eigenvalue weighted by atomic mass is 19.1. The third-order valence-electron chi connectivity index (χ3n) is 6.51. The largest absolute Gasteiger partial charge is 0.396 e. The quantitative estimate of drug-likeness (QED) is 0.213. The van der Waals surface area contributed by atoms with Crippen molar-refractivity contribution in [2.45, 2.75) is 38.6 Å². The molecule has 5 nitrogen and oxygen atoms in total. The van der Waals surface area contributed by atoms with Gasteiger partial charge < -0.3 is 15.6 Å². The summed E-state index contributed by atoms with van der Waals surface area (Å²) >= 11 is 0. The molecule has 0 bridgehead atoms. The van der Waals surface area contributed by atoms with Crippen LogP contribution in [-0.4, -0.2) is 16.9 Å². The lowest BCUT2D eigenvalue weighted by Crippen LogP contribution is -2.21. The summed E-state index contributed by atoms with van der Waals surface area (Å²) in [5, 5.41) is 4.90. The summed E-state index contributed by atoms with van der Waals surface area (Å²) in [6.07, 6.45) is 4.34. The molecule has 0 atom stereocenters. The van der Waals surface area contributed by atoms with E-state index in [2.05, 4.69) is 29.6 Å². The molecule has 4 aromatic rings. The van der Waals surface area contributed by atoms with Crippen LogP contribution < -0.4 is 16.5 Å². The van der Waals surface area contributed by atoms with Crippen LogP contribution in [-0.2, 0) is 6.42 Å². The molecule has 3 N–H and O–H groups in total. The van der Waals surface area contributed by atoms with E-state index in [4.69, 9.17) is 5.73 Å². The number of aromatic nitrogens is 1. The molecule has 0 radical (unpaired) electrons. The number of hydrogen-bond donors (Lipinski definition) is 2. The zero-order valence-corrected chi connectivity index (χ0v) is 18.8. The number of fused-ring (bicyclic) bond motifs is 2. The van der Waals surface area contributed by atoms with Crippen molar-refractivity contribution in [3.8, 4) is 0 Å². The molecule has 1 aromatic heterocycles. The van der Waals surface area contributed by atoms with Gasteiger partial charge in [-0.2, -0.15) is 0 Å². The van der Waals surface area contributed by atoms with Crippen LogP contribution in [0.25, 0.3) is 21.7 Å². The van der Waals surface area contributed by atoms with Crippen molar-refractivity contribution in [1.82, 2.24) is 4.57 Å². The fourth-order valence-corrected chi connectivity index (χ4v) is 4.62. The first-order valence-corrected chi connectivity index (χ1v) is 11.4. The van der Waals surface area contributed by atoms with Gasteiger partial charge in [0.2, 0.25) is 5.43 Å². The first kappa shape index (κ1) is 22.1. The van der Waals surface area contributed by atoms with Crippen LogP contribution in [0, 0.1) is 11.6 Å². The van der Waals surface area contributed by atoms with Gasteiger partial charge in [-0.25, -0.2) is 8.78 Å². The van der Waals surface area contributed by atoms with Crippen molar-refractivity contribution in [2.24, 2.45) is 0 Å². The van der Waals surface area contributed by atoms with Crippen LogP contribution in [0.4, 0.5) is 20.2 Å². The molecule has 7 heteroatoms. The Balaban J connectivity index is 1.47. The first-order valence-electron chi connectivity index (χ1n) is 11.4. The predicted molar refractivity (Wildman–Crippen MR) is 132 cm³/mol. The second kappa shape index (κ2) is 8.56. The van der Waals surface area contributed by atoms with E-state index in [1.807, 2.05) is 18.2 Å². The average Bonchev–Trinajstić information content (AvgIpc) is 3.67. The van der Waals surface area contributed by atoms with Gasteiger partial charge in [0.1, 0.15) is 5.69 Å². The lowest BCUT2D eigenvalue weighted by Gasteiger charge is -2.18. The Bertz CT molecular complexity index is 1500. The molecular weight excluding hydrogens is 436 g/mol. The molecule has 174 valence electrons. The van der Waals surface area contributed by atoms with Crippen LogP contribution in [0.2, 0.25) is 0 Å². The summed E-state index contributed by atoms with van der Waals surface area (Å²) < 4.78 is 32.3. The molecule has 1 saturated carbocycles. The molecule has 0 saturated heterocycles. The highest BCUT2D eigenvalue weighted by Crippen LogP contribution is 2.40. The van der Waals surface area contributed by atoms with Crippen LogP contribution in [0.3, 0.4) is 0 Å². The number of nitrogens with zero attached hydrogens (tertiary/aromatic N) is 1. The number of hydrogen-bond acceptors (Lipinski definition) is 4. The summed E-state index contributed by atoms with van der Waals surface area (Å²) in [5.41, 5.74) is 5.49. The summed E-state index contributed by atoms with van der Waals surface area (Å²) in [6.45, 7) is 1.58. The fourth-order valence-electron chi connectivity index (χ4n) is 4.62. The molecule has 1 aliphatic carbocycles. The van der Waals surface area contributed by atoms with Gasteiger partial charge in [-0.05, 0) is 48.9 Å². The minimum Gasteiger partial charge on any atom is -0.396 e. The maximum absolute atomic E-state index is 15.6. The Kier molecular flexibility index (Phi) is 5.55. The van der Waals surface area contributed by atoms with Crippen molar-refractivity contribution >= 4 is 38.8 Å². The number of ketones is 1. The third kappa shape index (κ3) is 3.71. The molecule has 0 aliphatic heterocycles. The smallest absolute Gasteiger partial charge is 0.202 e. The maximum atomic E-state index is 15.6. The predicted octanol–water partition coefficient (Wildman–Crippen LogP) is 5.60. The standard InChI is InChI=1S/C27H25F2N3O2/c1-15(33)20-14-32(18-11-12-18)26-21(27(20)34)24(30)22(28)25(23(26)29)31-13-5-9-17-8-4-7-16-6-2-3-10-19(16)17/h2-4,6-8,10,14,18,31H,5,9,11-13,30H2,1H3. The molecule has 0 unspecified atom stereocenters. The summed E-state index contributed by atoms with van der Waals surface area (Å²) in [7, 11) is 0. The number of carbonyl (C=O) groups excluding carboxylic acids is 1. The average molecular weight is 462 g/mol. The van der Waals surface area contributed by atoms with Crippen LogP contribution in [0.5, 0.6) is 0 Å². The van der Waals surface area contributed by atoms with Gasteiger partial charge in [0.25, 0.3) is 0 Å². The van der Waals surface area contributed by atoms with E-state index in [1.54, 1.807) is 4.57 Å². The van der Waals surface area contributed by atoms with Crippen molar-refractivity contribution in [1.29, 1.82) is 0 Å². The van der Waals surface area contributed by atoms with E-state index >= 15 is 8.78 Å². The Hall–Kier alpha value is -3.74. The number of anilines is 2. The van der Waals surface area contributed by atoms with E-state index in [1.165, 1.54) is 18.7 Å². The van der Waals surface area contributed by atoms with Gasteiger partial charge in [0.05, 0.1) is 22.2 Å². The number of benzene rings is 3.